The third-order valence-electron chi connectivity index (χ3n) is 4.94. The molecule has 0 aliphatic heterocycles. The van der Waals surface area contributed by atoms with E-state index in [2.05, 4.69) is 10.3 Å². The lowest BCUT2D eigenvalue weighted by Crippen LogP contribution is -2.31. The summed E-state index contributed by atoms with van der Waals surface area (Å²) in [4.78, 5) is 16.1. The van der Waals surface area contributed by atoms with Crippen LogP contribution in [-0.2, 0) is 10.0 Å². The molecule has 8 heteroatoms. The van der Waals surface area contributed by atoms with Gasteiger partial charge in [-0.1, -0.05) is 35.9 Å². The van der Waals surface area contributed by atoms with Crippen molar-refractivity contribution in [1.82, 2.24) is 4.98 Å². The molecule has 0 atom stereocenters. The lowest BCUT2D eigenvalue weighted by atomic mass is 10.1. The minimum absolute atomic E-state index is 0.00685. The lowest BCUT2D eigenvalue weighted by molar-refractivity contribution is 0.102. The van der Waals surface area contributed by atoms with E-state index < -0.39 is 15.9 Å². The summed E-state index contributed by atoms with van der Waals surface area (Å²) in [5.41, 5.74) is 2.11. The van der Waals surface area contributed by atoms with E-state index in [9.17, 15) is 13.2 Å². The third-order valence-corrected chi connectivity index (χ3v) is 7.17. The van der Waals surface area contributed by atoms with Gasteiger partial charge in [0.05, 0.1) is 26.9 Å². The van der Waals surface area contributed by atoms with E-state index in [0.29, 0.717) is 11.4 Å². The predicted molar refractivity (Wildman–Crippen MR) is 124 cm³/mol. The molecule has 4 aromatic rings. The Morgan fingerprint density at radius 2 is 1.81 bits per heavy atom. The molecule has 0 radical (unpaired) electrons. The molecule has 1 amide bonds. The molecule has 2 N–H and O–H groups in total. The van der Waals surface area contributed by atoms with E-state index in [0.717, 1.165) is 10.9 Å². The largest absolute Gasteiger partial charge is 0.361 e. The zero-order valence-electron chi connectivity index (χ0n) is 16.7. The number of H-pyrrole nitrogens is 1. The van der Waals surface area contributed by atoms with Gasteiger partial charge in [0, 0.05) is 23.6 Å². The van der Waals surface area contributed by atoms with E-state index in [1.54, 1.807) is 43.5 Å². The average Bonchev–Trinajstić information content (AvgIpc) is 3.25. The number of aromatic amines is 1. The van der Waals surface area contributed by atoms with Gasteiger partial charge in [-0.15, -0.1) is 0 Å². The van der Waals surface area contributed by atoms with Gasteiger partial charge in [-0.05, 0) is 55.5 Å². The number of carbonyl (C=O) groups is 1. The molecule has 0 spiro atoms. The maximum atomic E-state index is 13.3. The lowest BCUT2D eigenvalue weighted by Gasteiger charge is -2.23. The van der Waals surface area contributed by atoms with E-state index in [4.69, 9.17) is 11.6 Å². The highest BCUT2D eigenvalue weighted by molar-refractivity contribution is 7.92. The van der Waals surface area contributed by atoms with Crippen LogP contribution in [0.3, 0.4) is 0 Å². The molecular formula is C23H20ClN3O3S. The number of fused-ring (bicyclic) bond motifs is 1. The Morgan fingerprint density at radius 1 is 1.03 bits per heavy atom. The number of nitrogens with zero attached hydrogens (tertiary/aromatic N) is 1. The molecule has 0 unspecified atom stereocenters. The number of nitrogens with one attached hydrogen (secondary N) is 2. The van der Waals surface area contributed by atoms with Crippen molar-refractivity contribution in [2.75, 3.05) is 16.2 Å². The van der Waals surface area contributed by atoms with Crippen molar-refractivity contribution >= 4 is 49.8 Å². The van der Waals surface area contributed by atoms with Crippen LogP contribution in [0.4, 0.5) is 11.4 Å². The summed E-state index contributed by atoms with van der Waals surface area (Å²) >= 11 is 6.26. The van der Waals surface area contributed by atoms with Gasteiger partial charge in [0.15, 0.2) is 0 Å². The van der Waals surface area contributed by atoms with Gasteiger partial charge in [0.2, 0.25) is 0 Å². The van der Waals surface area contributed by atoms with Crippen LogP contribution in [0.2, 0.25) is 5.02 Å². The van der Waals surface area contributed by atoms with Gasteiger partial charge in [-0.3, -0.25) is 9.10 Å². The van der Waals surface area contributed by atoms with Crippen molar-refractivity contribution in [3.05, 3.63) is 89.6 Å². The Hall–Kier alpha value is -3.29. The molecule has 0 aliphatic carbocycles. The number of amides is 1. The first-order chi connectivity index (χ1) is 14.9. The van der Waals surface area contributed by atoms with Gasteiger partial charge in [-0.2, -0.15) is 0 Å². The van der Waals surface area contributed by atoms with Crippen LogP contribution in [-0.4, -0.2) is 25.9 Å². The summed E-state index contributed by atoms with van der Waals surface area (Å²) in [7, 11) is -3.89. The highest BCUT2D eigenvalue weighted by Gasteiger charge is 2.25. The molecule has 31 heavy (non-hydrogen) atoms. The molecular weight excluding hydrogens is 434 g/mol. The van der Waals surface area contributed by atoms with Crippen molar-refractivity contribution in [3.8, 4) is 0 Å². The number of anilines is 2. The maximum absolute atomic E-state index is 13.3. The Morgan fingerprint density at radius 3 is 2.55 bits per heavy atom. The second-order valence-electron chi connectivity index (χ2n) is 6.85. The van der Waals surface area contributed by atoms with Crippen LogP contribution in [0, 0.1) is 0 Å². The SMILES string of the molecule is CCN(c1ccccc1)S(=O)(=O)c1ccc(Cl)c(C(=O)Nc2cccc3[nH]ccc23)c1. The first-order valence-corrected chi connectivity index (χ1v) is 11.5. The summed E-state index contributed by atoms with van der Waals surface area (Å²) in [6.07, 6.45) is 1.78. The number of para-hydroxylation sites is 1. The highest BCUT2D eigenvalue weighted by Crippen LogP contribution is 2.28. The molecule has 1 heterocycles. The molecule has 3 aromatic carbocycles. The Balaban J connectivity index is 1.69. The second kappa shape index (κ2) is 8.45. The van der Waals surface area contributed by atoms with E-state index in [1.807, 2.05) is 24.3 Å². The van der Waals surface area contributed by atoms with Crippen LogP contribution in [0.15, 0.2) is 83.9 Å². The number of benzene rings is 3. The van der Waals surface area contributed by atoms with Crippen LogP contribution in [0.25, 0.3) is 10.9 Å². The molecule has 0 aliphatic rings. The smallest absolute Gasteiger partial charge is 0.264 e. The highest BCUT2D eigenvalue weighted by atomic mass is 35.5. The molecule has 4 rings (SSSR count). The zero-order valence-corrected chi connectivity index (χ0v) is 18.2. The standard InChI is InChI=1S/C23H20ClN3O3S/c1-2-27(16-7-4-3-5-8-16)31(29,30)17-11-12-20(24)19(15-17)23(28)26-22-10-6-9-21-18(22)13-14-25-21/h3-15,25H,2H2,1H3,(H,26,28). The van der Waals surface area contributed by atoms with Crippen molar-refractivity contribution < 1.29 is 13.2 Å². The Labute approximate surface area is 185 Å². The molecule has 158 valence electrons. The van der Waals surface area contributed by atoms with Gasteiger partial charge in [0.25, 0.3) is 15.9 Å². The number of rotatable bonds is 6. The maximum Gasteiger partial charge on any atom is 0.264 e. The zero-order chi connectivity index (χ0) is 22.0. The first kappa shape index (κ1) is 21.0. The summed E-state index contributed by atoms with van der Waals surface area (Å²) < 4.78 is 27.9. The van der Waals surface area contributed by atoms with Crippen LogP contribution in [0.1, 0.15) is 17.3 Å². The first-order valence-electron chi connectivity index (χ1n) is 9.66. The number of sulfonamides is 1. The number of carbonyl (C=O) groups excluding carboxylic acids is 1. The molecule has 0 saturated carbocycles. The van der Waals surface area contributed by atoms with Crippen molar-refractivity contribution in [1.29, 1.82) is 0 Å². The fraction of sp³-hybridized carbons (Fsp3) is 0.0870. The number of aromatic nitrogens is 1. The quantitative estimate of drug-likeness (QED) is 0.416. The molecule has 0 bridgehead atoms. The summed E-state index contributed by atoms with van der Waals surface area (Å²) in [5, 5.41) is 3.84. The minimum Gasteiger partial charge on any atom is -0.361 e. The Bertz CT molecular complexity index is 1350. The van der Waals surface area contributed by atoms with Crippen molar-refractivity contribution in [2.24, 2.45) is 0 Å². The minimum atomic E-state index is -3.89. The fourth-order valence-electron chi connectivity index (χ4n) is 3.44. The topological polar surface area (TPSA) is 82.3 Å². The fourth-order valence-corrected chi connectivity index (χ4v) is 5.14. The number of hydrogen-bond donors (Lipinski definition) is 2. The van der Waals surface area contributed by atoms with Crippen LogP contribution >= 0.6 is 11.6 Å². The predicted octanol–water partition coefficient (Wildman–Crippen LogP) is 5.29. The molecule has 0 saturated heterocycles. The van der Waals surface area contributed by atoms with Crippen LogP contribution < -0.4 is 9.62 Å². The molecule has 6 nitrogen and oxygen atoms in total. The summed E-state index contributed by atoms with van der Waals surface area (Å²) in [5.74, 6) is -0.487. The second-order valence-corrected chi connectivity index (χ2v) is 9.12. The van der Waals surface area contributed by atoms with E-state index in [1.165, 1.54) is 22.5 Å². The van der Waals surface area contributed by atoms with Gasteiger partial charge in [0.1, 0.15) is 0 Å². The summed E-state index contributed by atoms with van der Waals surface area (Å²) in [6.45, 7) is 2.00. The summed E-state index contributed by atoms with van der Waals surface area (Å²) in [6, 6.07) is 20.3. The van der Waals surface area contributed by atoms with Crippen molar-refractivity contribution in [2.45, 2.75) is 11.8 Å². The molecule has 1 aromatic heterocycles. The number of halogens is 1. The number of hydrogen-bond acceptors (Lipinski definition) is 3. The van der Waals surface area contributed by atoms with Crippen molar-refractivity contribution in [3.63, 3.8) is 0 Å². The monoisotopic (exact) mass is 453 g/mol. The normalized spacial score (nSPS) is 11.4. The van der Waals surface area contributed by atoms with E-state index >= 15 is 0 Å². The molecule has 0 fully saturated rings. The van der Waals surface area contributed by atoms with Gasteiger partial charge in [-0.25, -0.2) is 8.42 Å². The van der Waals surface area contributed by atoms with Gasteiger partial charge >= 0.3 is 0 Å². The van der Waals surface area contributed by atoms with E-state index in [-0.39, 0.29) is 22.0 Å². The van der Waals surface area contributed by atoms with Gasteiger partial charge < -0.3 is 10.3 Å². The van der Waals surface area contributed by atoms with Crippen LogP contribution in [0.5, 0.6) is 0 Å². The third kappa shape index (κ3) is 4.02. The average molecular weight is 454 g/mol. The Kier molecular flexibility index (Phi) is 5.71.